The van der Waals surface area contributed by atoms with Gasteiger partial charge < -0.3 is 13.6 Å². The molecule has 0 aromatic heterocycles. The summed E-state index contributed by atoms with van der Waals surface area (Å²) in [5, 5.41) is -0.0842. The molecule has 1 heterocycles. The summed E-state index contributed by atoms with van der Waals surface area (Å²) in [6, 6.07) is 0. The van der Waals surface area contributed by atoms with Gasteiger partial charge in [0, 0.05) is 0 Å². The zero-order valence-electron chi connectivity index (χ0n) is 17.3. The number of hydrogen-bond acceptors (Lipinski definition) is 4. The van der Waals surface area contributed by atoms with Crippen LogP contribution in [0.4, 0.5) is 4.39 Å². The Hall–Kier alpha value is 0.234. The second kappa shape index (κ2) is 7.00. The van der Waals surface area contributed by atoms with Gasteiger partial charge in [0.15, 0.2) is 22.7 Å². The van der Waals surface area contributed by atoms with Crippen molar-refractivity contribution in [2.24, 2.45) is 0 Å². The van der Waals surface area contributed by atoms with E-state index in [1.54, 1.807) is 0 Å². The number of halogens is 2. The van der Waals surface area contributed by atoms with Crippen LogP contribution in [0.1, 0.15) is 41.5 Å². The highest BCUT2D eigenvalue weighted by Gasteiger charge is 2.60. The molecule has 25 heavy (non-hydrogen) atoms. The predicted octanol–water partition coefficient (Wildman–Crippen LogP) is 5.38. The highest BCUT2D eigenvalue weighted by molar-refractivity contribution is 9.10. The fourth-order valence-electron chi connectivity index (χ4n) is 1.90. The molecule has 1 aliphatic rings. The van der Waals surface area contributed by atoms with Crippen LogP contribution in [0.5, 0.6) is 0 Å². The third-order valence-electron chi connectivity index (χ3n) is 5.87. The molecule has 0 radical (unpaired) electrons. The SMILES string of the molecule is CC(C)(C)[Si](C)(C)OC[C@H]1OC(=O)C(F)(Br)C1O[Si](C)(C)C(C)(C)C. The summed E-state index contributed by atoms with van der Waals surface area (Å²) in [4.78, 5) is 12.0. The molecule has 0 aliphatic carbocycles. The van der Waals surface area contributed by atoms with Gasteiger partial charge in [-0.15, -0.1) is 0 Å². The molecule has 2 unspecified atom stereocenters. The van der Waals surface area contributed by atoms with Gasteiger partial charge in [0.05, 0.1) is 6.61 Å². The second-order valence-corrected chi connectivity index (χ2v) is 20.7. The van der Waals surface area contributed by atoms with Crippen molar-refractivity contribution >= 4 is 38.5 Å². The first-order valence-electron chi connectivity index (χ1n) is 8.73. The third-order valence-corrected chi connectivity index (χ3v) is 15.6. The van der Waals surface area contributed by atoms with Crippen molar-refractivity contribution < 1.29 is 22.8 Å². The van der Waals surface area contributed by atoms with Crippen LogP contribution >= 0.6 is 15.9 Å². The molecule has 0 saturated carbocycles. The van der Waals surface area contributed by atoms with E-state index >= 15 is 0 Å². The minimum absolute atomic E-state index is 0.0204. The summed E-state index contributed by atoms with van der Waals surface area (Å²) in [6.07, 6.45) is -1.76. The molecule has 1 saturated heterocycles. The zero-order chi connectivity index (χ0) is 20.1. The first-order valence-corrected chi connectivity index (χ1v) is 15.3. The number of alkyl halides is 2. The molecular weight excluding hydrogens is 423 g/mol. The Bertz CT molecular complexity index is 510. The Labute approximate surface area is 162 Å². The van der Waals surface area contributed by atoms with Gasteiger partial charge in [0.2, 0.25) is 0 Å². The minimum atomic E-state index is -2.33. The Morgan fingerprint density at radius 2 is 1.52 bits per heavy atom. The van der Waals surface area contributed by atoms with Crippen LogP contribution in [-0.4, -0.2) is 46.0 Å². The van der Waals surface area contributed by atoms with Crippen molar-refractivity contribution in [1.29, 1.82) is 0 Å². The quantitative estimate of drug-likeness (QED) is 0.316. The maximum atomic E-state index is 15.0. The summed E-state index contributed by atoms with van der Waals surface area (Å²) in [5.74, 6) is -0.931. The van der Waals surface area contributed by atoms with Gasteiger partial charge in [-0.25, -0.2) is 9.18 Å². The molecule has 0 aromatic carbocycles. The van der Waals surface area contributed by atoms with Gasteiger partial charge in [0.1, 0.15) is 6.10 Å². The van der Waals surface area contributed by atoms with E-state index in [0.717, 1.165) is 0 Å². The molecule has 4 nitrogen and oxygen atoms in total. The lowest BCUT2D eigenvalue weighted by molar-refractivity contribution is -0.146. The van der Waals surface area contributed by atoms with Crippen molar-refractivity contribution in [3.63, 3.8) is 0 Å². The summed E-state index contributed by atoms with van der Waals surface area (Å²) in [7, 11) is -4.33. The molecule has 1 fully saturated rings. The lowest BCUT2D eigenvalue weighted by Gasteiger charge is -2.41. The smallest absolute Gasteiger partial charge is 0.358 e. The maximum absolute atomic E-state index is 15.0. The number of ether oxygens (including phenoxy) is 1. The normalized spacial score (nSPS) is 29.0. The summed E-state index contributed by atoms with van der Waals surface area (Å²) in [5.41, 5.74) is 0. The van der Waals surface area contributed by atoms with Crippen molar-refractivity contribution in [1.82, 2.24) is 0 Å². The largest absolute Gasteiger partial charge is 0.454 e. The lowest BCUT2D eigenvalue weighted by atomic mass is 10.2. The molecule has 0 spiro atoms. The molecule has 0 N–H and O–H groups in total. The highest BCUT2D eigenvalue weighted by atomic mass is 79.9. The molecule has 8 heteroatoms. The van der Waals surface area contributed by atoms with Crippen LogP contribution in [-0.2, 0) is 18.4 Å². The fraction of sp³-hybridized carbons (Fsp3) is 0.941. The molecule has 3 atom stereocenters. The van der Waals surface area contributed by atoms with E-state index in [2.05, 4.69) is 70.6 Å². The van der Waals surface area contributed by atoms with E-state index < -0.39 is 39.4 Å². The fourth-order valence-corrected chi connectivity index (χ4v) is 4.87. The third kappa shape index (κ3) is 4.94. The van der Waals surface area contributed by atoms with E-state index in [1.807, 2.05) is 13.1 Å². The molecule has 148 valence electrons. The van der Waals surface area contributed by atoms with E-state index in [4.69, 9.17) is 13.6 Å². The van der Waals surface area contributed by atoms with Crippen LogP contribution in [0.15, 0.2) is 0 Å². The molecule has 1 aliphatic heterocycles. The Balaban J connectivity index is 3.00. The van der Waals surface area contributed by atoms with E-state index in [-0.39, 0.29) is 16.7 Å². The van der Waals surface area contributed by atoms with Crippen LogP contribution in [0, 0.1) is 0 Å². The number of hydrogen-bond donors (Lipinski definition) is 0. The first-order chi connectivity index (χ1) is 10.8. The first kappa shape index (κ1) is 23.3. The average molecular weight is 458 g/mol. The number of cyclic esters (lactones) is 1. The minimum Gasteiger partial charge on any atom is -0.454 e. The van der Waals surface area contributed by atoms with Crippen molar-refractivity contribution in [3.05, 3.63) is 0 Å². The standard InChI is InChI=1S/C17H34BrFO4Si2/c1-15(2,3)24(7,8)21-11-12-13(17(18,19)14(20)22-12)23-25(9,10)16(4,5)6/h12-13H,11H2,1-10H3/t12-,13?,17?/m1/s1. The van der Waals surface area contributed by atoms with Gasteiger partial charge in [0.25, 0.3) is 4.58 Å². The van der Waals surface area contributed by atoms with Crippen LogP contribution in [0.3, 0.4) is 0 Å². The van der Waals surface area contributed by atoms with Crippen LogP contribution in [0.25, 0.3) is 0 Å². The monoisotopic (exact) mass is 456 g/mol. The topological polar surface area (TPSA) is 44.8 Å². The Kier molecular flexibility index (Phi) is 6.52. The summed E-state index contributed by atoms with van der Waals surface area (Å²) >= 11 is 2.91. The van der Waals surface area contributed by atoms with Crippen LogP contribution in [0.2, 0.25) is 36.3 Å². The van der Waals surface area contributed by atoms with Crippen molar-refractivity contribution in [2.45, 2.75) is 94.6 Å². The zero-order valence-corrected chi connectivity index (χ0v) is 20.8. The van der Waals surface area contributed by atoms with Gasteiger partial charge in [-0.2, -0.15) is 0 Å². The lowest BCUT2D eigenvalue weighted by Crippen LogP contribution is -2.52. The number of carbonyl (C=O) groups is 1. The summed E-state index contributed by atoms with van der Waals surface area (Å²) in [6.45, 7) is 21.1. The van der Waals surface area contributed by atoms with E-state index in [1.165, 1.54) is 0 Å². The van der Waals surface area contributed by atoms with E-state index in [9.17, 15) is 9.18 Å². The average Bonchev–Trinajstić information content (AvgIpc) is 2.57. The summed E-state index contributed by atoms with van der Waals surface area (Å²) < 4.78 is 30.3. The highest BCUT2D eigenvalue weighted by Crippen LogP contribution is 2.45. The molecule has 0 aromatic rings. The van der Waals surface area contributed by atoms with Gasteiger partial charge >= 0.3 is 5.97 Å². The van der Waals surface area contributed by atoms with E-state index in [0.29, 0.717) is 0 Å². The van der Waals surface area contributed by atoms with Gasteiger partial charge in [-0.3, -0.25) is 0 Å². The number of rotatable bonds is 5. The molecular formula is C17H34BrFO4Si2. The van der Waals surface area contributed by atoms with Gasteiger partial charge in [-0.1, -0.05) is 41.5 Å². The molecule has 0 bridgehead atoms. The van der Waals surface area contributed by atoms with Crippen molar-refractivity contribution in [2.75, 3.05) is 6.61 Å². The van der Waals surface area contributed by atoms with Crippen molar-refractivity contribution in [3.8, 4) is 0 Å². The molecule has 1 rings (SSSR count). The number of carbonyl (C=O) groups excluding carboxylic acids is 1. The van der Waals surface area contributed by atoms with Crippen LogP contribution < -0.4 is 0 Å². The van der Waals surface area contributed by atoms with Gasteiger partial charge in [-0.05, 0) is 52.2 Å². The second-order valence-electron chi connectivity index (χ2n) is 9.94. The Morgan fingerprint density at radius 1 is 1.08 bits per heavy atom. The maximum Gasteiger partial charge on any atom is 0.358 e. The predicted molar refractivity (Wildman–Crippen MR) is 108 cm³/mol. The Morgan fingerprint density at radius 3 is 1.92 bits per heavy atom. The molecule has 0 amide bonds. The number of esters is 1.